The summed E-state index contributed by atoms with van der Waals surface area (Å²) in [6.45, 7) is 0. The summed E-state index contributed by atoms with van der Waals surface area (Å²) >= 11 is 0. The van der Waals surface area contributed by atoms with E-state index < -0.39 is 0 Å². The molecule has 4 heteroatoms. The van der Waals surface area contributed by atoms with Gasteiger partial charge in [-0.3, -0.25) is 4.79 Å². The maximum absolute atomic E-state index is 12.8. The zero-order valence-electron chi connectivity index (χ0n) is 14.1. The third-order valence-electron chi connectivity index (χ3n) is 4.23. The Kier molecular flexibility index (Phi) is 4.56. The normalized spacial score (nSPS) is 15.1. The van der Waals surface area contributed by atoms with Crippen LogP contribution in [0.3, 0.4) is 0 Å². The molecule has 0 atom stereocenters. The molecule has 2 aromatic rings. The maximum Gasteiger partial charge on any atom is 0.189 e. The first-order valence-corrected chi connectivity index (χ1v) is 7.80. The van der Waals surface area contributed by atoms with Crippen molar-refractivity contribution in [2.75, 3.05) is 21.3 Å². The smallest absolute Gasteiger partial charge is 0.189 e. The van der Waals surface area contributed by atoms with Crippen molar-refractivity contribution < 1.29 is 19.0 Å². The van der Waals surface area contributed by atoms with Crippen molar-refractivity contribution in [3.63, 3.8) is 0 Å². The summed E-state index contributed by atoms with van der Waals surface area (Å²) in [5, 5.41) is 0. The quantitative estimate of drug-likeness (QED) is 0.800. The van der Waals surface area contributed by atoms with Gasteiger partial charge in [-0.1, -0.05) is 0 Å². The van der Waals surface area contributed by atoms with Gasteiger partial charge in [-0.2, -0.15) is 0 Å². The molecule has 0 fully saturated rings. The maximum atomic E-state index is 12.8. The monoisotopic (exact) mass is 324 g/mol. The number of fused-ring (bicyclic) bond motifs is 1. The van der Waals surface area contributed by atoms with Crippen LogP contribution in [-0.2, 0) is 6.42 Å². The van der Waals surface area contributed by atoms with Crippen LogP contribution in [0.1, 0.15) is 27.9 Å². The van der Waals surface area contributed by atoms with E-state index in [0.29, 0.717) is 17.9 Å². The molecule has 0 aromatic heterocycles. The standard InChI is InChI=1S/C20H20O4/c1-22-16-6-7-19-14(11-16)4-5-15(20(19)21)8-13-9-17(23-2)12-18(10-13)24-3/h6-12H,4-5H2,1-3H3/b15-8+. The van der Waals surface area contributed by atoms with Crippen molar-refractivity contribution in [3.05, 3.63) is 58.7 Å². The molecule has 0 aliphatic heterocycles. The minimum Gasteiger partial charge on any atom is -0.497 e. The van der Waals surface area contributed by atoms with E-state index >= 15 is 0 Å². The number of rotatable bonds is 4. The third kappa shape index (κ3) is 3.13. The number of ether oxygens (including phenoxy) is 3. The first-order valence-electron chi connectivity index (χ1n) is 7.80. The topological polar surface area (TPSA) is 44.8 Å². The fraction of sp³-hybridized carbons (Fsp3) is 0.250. The van der Waals surface area contributed by atoms with Crippen molar-refractivity contribution in [1.29, 1.82) is 0 Å². The van der Waals surface area contributed by atoms with Crippen LogP contribution in [0.25, 0.3) is 6.08 Å². The highest BCUT2D eigenvalue weighted by Crippen LogP contribution is 2.31. The van der Waals surface area contributed by atoms with Gasteiger partial charge in [0, 0.05) is 17.2 Å². The largest absolute Gasteiger partial charge is 0.497 e. The molecule has 3 rings (SSSR count). The molecule has 0 saturated carbocycles. The highest BCUT2D eigenvalue weighted by molar-refractivity contribution is 6.13. The minimum absolute atomic E-state index is 0.0701. The van der Waals surface area contributed by atoms with E-state index in [1.807, 2.05) is 42.5 Å². The first-order chi connectivity index (χ1) is 11.6. The highest BCUT2D eigenvalue weighted by Gasteiger charge is 2.22. The summed E-state index contributed by atoms with van der Waals surface area (Å²) in [4.78, 5) is 12.8. The van der Waals surface area contributed by atoms with Crippen LogP contribution < -0.4 is 14.2 Å². The van der Waals surface area contributed by atoms with Crippen LogP contribution in [-0.4, -0.2) is 27.1 Å². The average Bonchev–Trinajstić information content (AvgIpc) is 2.63. The molecule has 0 bridgehead atoms. The van der Waals surface area contributed by atoms with E-state index in [1.165, 1.54) is 0 Å². The number of allylic oxidation sites excluding steroid dienone is 1. The Labute approximate surface area is 141 Å². The van der Waals surface area contributed by atoms with E-state index in [1.54, 1.807) is 21.3 Å². The van der Waals surface area contributed by atoms with Gasteiger partial charge < -0.3 is 14.2 Å². The van der Waals surface area contributed by atoms with Crippen molar-refractivity contribution in [2.24, 2.45) is 0 Å². The molecule has 124 valence electrons. The first kappa shape index (κ1) is 16.1. The van der Waals surface area contributed by atoms with E-state index in [2.05, 4.69) is 0 Å². The second-order valence-corrected chi connectivity index (χ2v) is 5.67. The molecular weight excluding hydrogens is 304 g/mol. The number of carbonyl (C=O) groups is 1. The van der Waals surface area contributed by atoms with Crippen molar-refractivity contribution in [3.8, 4) is 17.2 Å². The highest BCUT2D eigenvalue weighted by atomic mass is 16.5. The van der Waals surface area contributed by atoms with Gasteiger partial charge in [0.2, 0.25) is 0 Å². The molecule has 0 saturated heterocycles. The molecule has 0 spiro atoms. The molecule has 0 amide bonds. The summed E-state index contributed by atoms with van der Waals surface area (Å²) in [7, 11) is 4.86. The molecule has 1 aliphatic rings. The summed E-state index contributed by atoms with van der Waals surface area (Å²) in [5.74, 6) is 2.26. The Morgan fingerprint density at radius 2 is 1.50 bits per heavy atom. The molecule has 2 aromatic carbocycles. The lowest BCUT2D eigenvalue weighted by Crippen LogP contribution is -2.14. The average molecular weight is 324 g/mol. The van der Waals surface area contributed by atoms with Crippen LogP contribution >= 0.6 is 0 Å². The number of carbonyl (C=O) groups excluding carboxylic acids is 1. The molecule has 24 heavy (non-hydrogen) atoms. The summed E-state index contributed by atoms with van der Waals surface area (Å²) in [6, 6.07) is 11.2. The van der Waals surface area contributed by atoms with Crippen LogP contribution in [0.2, 0.25) is 0 Å². The second-order valence-electron chi connectivity index (χ2n) is 5.67. The van der Waals surface area contributed by atoms with Gasteiger partial charge >= 0.3 is 0 Å². The number of benzene rings is 2. The Hall–Kier alpha value is -2.75. The SMILES string of the molecule is COc1cc(/C=C2\CCc3cc(OC)ccc3C2=O)cc(OC)c1. The number of methoxy groups -OCH3 is 3. The third-order valence-corrected chi connectivity index (χ3v) is 4.23. The van der Waals surface area contributed by atoms with Crippen molar-refractivity contribution in [1.82, 2.24) is 0 Å². The summed E-state index contributed by atoms with van der Waals surface area (Å²) in [6.07, 6.45) is 3.45. The number of hydrogen-bond donors (Lipinski definition) is 0. The second kappa shape index (κ2) is 6.79. The lowest BCUT2D eigenvalue weighted by molar-refractivity contribution is 0.102. The fourth-order valence-corrected chi connectivity index (χ4v) is 2.93. The predicted octanol–water partition coefficient (Wildman–Crippen LogP) is 3.92. The predicted molar refractivity (Wildman–Crippen MR) is 93.2 cm³/mol. The minimum atomic E-state index is 0.0701. The van der Waals surface area contributed by atoms with Crippen molar-refractivity contribution >= 4 is 11.9 Å². The van der Waals surface area contributed by atoms with Gasteiger partial charge in [-0.05, 0) is 60.4 Å². The van der Waals surface area contributed by atoms with Crippen molar-refractivity contribution in [2.45, 2.75) is 12.8 Å². The summed E-state index contributed by atoms with van der Waals surface area (Å²) in [5.41, 5.74) is 3.48. The van der Waals surface area contributed by atoms with Crippen LogP contribution in [0.4, 0.5) is 0 Å². The number of ketones is 1. The molecule has 1 aliphatic carbocycles. The lowest BCUT2D eigenvalue weighted by Gasteiger charge is -2.18. The number of Topliss-reactive ketones (excluding diaryl/α,β-unsaturated/α-hetero) is 1. The Bertz CT molecular complexity index is 783. The van der Waals surface area contributed by atoms with Gasteiger partial charge in [0.15, 0.2) is 5.78 Å². The molecule has 0 unspecified atom stereocenters. The van der Waals surface area contributed by atoms with Crippen LogP contribution in [0.5, 0.6) is 17.2 Å². The molecule has 0 radical (unpaired) electrons. The number of aryl methyl sites for hydroxylation is 1. The fourth-order valence-electron chi connectivity index (χ4n) is 2.93. The summed E-state index contributed by atoms with van der Waals surface area (Å²) < 4.78 is 15.8. The Balaban J connectivity index is 1.96. The van der Waals surface area contributed by atoms with Gasteiger partial charge in [-0.25, -0.2) is 0 Å². The molecule has 0 heterocycles. The Morgan fingerprint density at radius 3 is 2.12 bits per heavy atom. The van der Waals surface area contributed by atoms with Gasteiger partial charge in [-0.15, -0.1) is 0 Å². The van der Waals surface area contributed by atoms with Gasteiger partial charge in [0.1, 0.15) is 17.2 Å². The lowest BCUT2D eigenvalue weighted by atomic mass is 9.86. The van der Waals surface area contributed by atoms with Gasteiger partial charge in [0.05, 0.1) is 21.3 Å². The van der Waals surface area contributed by atoms with Crippen LogP contribution in [0.15, 0.2) is 42.0 Å². The zero-order valence-corrected chi connectivity index (χ0v) is 14.1. The molecule has 4 nitrogen and oxygen atoms in total. The molecule has 0 N–H and O–H groups in total. The Morgan fingerprint density at radius 1 is 0.833 bits per heavy atom. The van der Waals surface area contributed by atoms with E-state index in [9.17, 15) is 4.79 Å². The van der Waals surface area contributed by atoms with E-state index in [0.717, 1.165) is 34.4 Å². The van der Waals surface area contributed by atoms with E-state index in [4.69, 9.17) is 14.2 Å². The number of hydrogen-bond acceptors (Lipinski definition) is 4. The van der Waals surface area contributed by atoms with Crippen LogP contribution in [0, 0.1) is 0 Å². The molecular formula is C20H20O4. The zero-order chi connectivity index (χ0) is 17.1. The van der Waals surface area contributed by atoms with Gasteiger partial charge in [0.25, 0.3) is 0 Å². The van der Waals surface area contributed by atoms with E-state index in [-0.39, 0.29) is 5.78 Å².